The number of hydrogen-bond acceptors (Lipinski definition) is 4. The van der Waals surface area contributed by atoms with Crippen LogP contribution in [-0.2, 0) is 4.74 Å². The molecule has 0 atom stereocenters. The van der Waals surface area contributed by atoms with Crippen LogP contribution in [0.3, 0.4) is 0 Å². The van der Waals surface area contributed by atoms with E-state index in [1.165, 1.54) is 0 Å². The molecular weight excluding hydrogens is 282 g/mol. The van der Waals surface area contributed by atoms with Crippen LogP contribution in [0.4, 0.5) is 4.79 Å². The molecule has 2 rings (SSSR count). The maximum atomic E-state index is 12.0. The zero-order valence-corrected chi connectivity index (χ0v) is 13.5. The summed E-state index contributed by atoms with van der Waals surface area (Å²) in [4.78, 5) is 28.5. The number of likely N-dealkylation sites (tertiary alicyclic amines) is 1. The Morgan fingerprint density at radius 1 is 1.36 bits per heavy atom. The van der Waals surface area contributed by atoms with Crippen LogP contribution in [0.2, 0.25) is 0 Å². The van der Waals surface area contributed by atoms with E-state index in [0.717, 1.165) is 12.8 Å². The molecule has 1 saturated heterocycles. The van der Waals surface area contributed by atoms with Crippen LogP contribution in [0.15, 0.2) is 18.3 Å². The number of nitrogens with one attached hydrogen (secondary N) is 2. The van der Waals surface area contributed by atoms with Crippen molar-refractivity contribution in [1.29, 1.82) is 0 Å². The van der Waals surface area contributed by atoms with Gasteiger partial charge in [-0.15, -0.1) is 0 Å². The molecule has 0 saturated carbocycles. The molecule has 122 valence electrons. The highest BCUT2D eigenvalue weighted by Crippen LogP contribution is 2.15. The van der Waals surface area contributed by atoms with E-state index in [1.54, 1.807) is 17.2 Å². The molecule has 0 unspecified atom stereocenters. The molecule has 22 heavy (non-hydrogen) atoms. The molecule has 1 fully saturated rings. The first-order valence-corrected chi connectivity index (χ1v) is 7.73. The molecule has 1 aliphatic rings. The molecule has 2 heterocycles. The number of ether oxygens (including phenoxy) is 1. The van der Waals surface area contributed by atoms with Crippen LogP contribution in [0.5, 0.6) is 0 Å². The molecule has 0 aromatic carbocycles. The minimum Gasteiger partial charge on any atom is -0.444 e. The number of carbonyl (C=O) groups excluding carboxylic acids is 2. The number of nitrogens with zero attached hydrogens (tertiary/aromatic N) is 1. The number of aromatic amines is 1. The lowest BCUT2D eigenvalue weighted by atomic mass is 10.1. The zero-order valence-electron chi connectivity index (χ0n) is 13.5. The van der Waals surface area contributed by atoms with Gasteiger partial charge in [-0.25, -0.2) is 4.79 Å². The number of hydrogen-bond donors (Lipinski definition) is 2. The van der Waals surface area contributed by atoms with E-state index in [4.69, 9.17) is 4.74 Å². The van der Waals surface area contributed by atoms with Crippen molar-refractivity contribution in [1.82, 2.24) is 15.2 Å². The highest BCUT2D eigenvalue weighted by atomic mass is 16.6. The van der Waals surface area contributed by atoms with Gasteiger partial charge in [-0.05, 0) is 45.7 Å². The van der Waals surface area contributed by atoms with Crippen molar-refractivity contribution in [2.75, 3.05) is 19.6 Å². The molecule has 0 radical (unpaired) electrons. The molecule has 1 aromatic heterocycles. The van der Waals surface area contributed by atoms with E-state index in [0.29, 0.717) is 25.3 Å². The third kappa shape index (κ3) is 4.87. The van der Waals surface area contributed by atoms with Gasteiger partial charge in [0, 0.05) is 25.3 Å². The lowest BCUT2D eigenvalue weighted by molar-refractivity contribution is 0.0198. The Hall–Kier alpha value is -1.82. The number of ketones is 1. The van der Waals surface area contributed by atoms with E-state index in [2.05, 4.69) is 10.3 Å². The van der Waals surface area contributed by atoms with Gasteiger partial charge in [-0.3, -0.25) is 4.79 Å². The van der Waals surface area contributed by atoms with Crippen molar-refractivity contribution in [2.45, 2.75) is 45.3 Å². The molecule has 6 nitrogen and oxygen atoms in total. The Labute approximate surface area is 131 Å². The zero-order chi connectivity index (χ0) is 16.2. The van der Waals surface area contributed by atoms with E-state index in [-0.39, 0.29) is 17.9 Å². The van der Waals surface area contributed by atoms with Gasteiger partial charge in [0.1, 0.15) is 5.60 Å². The predicted molar refractivity (Wildman–Crippen MR) is 84.0 cm³/mol. The monoisotopic (exact) mass is 307 g/mol. The number of aromatic nitrogens is 1. The van der Waals surface area contributed by atoms with Gasteiger partial charge in [0.2, 0.25) is 0 Å². The quantitative estimate of drug-likeness (QED) is 0.836. The first-order chi connectivity index (χ1) is 10.3. The molecule has 1 aliphatic heterocycles. The molecule has 1 amide bonds. The van der Waals surface area contributed by atoms with Crippen LogP contribution in [0.1, 0.15) is 44.1 Å². The van der Waals surface area contributed by atoms with Crippen molar-refractivity contribution in [3.05, 3.63) is 24.0 Å². The van der Waals surface area contributed by atoms with E-state index in [1.807, 2.05) is 26.8 Å². The highest BCUT2D eigenvalue weighted by Gasteiger charge is 2.26. The largest absolute Gasteiger partial charge is 0.444 e. The standard InChI is InChI=1S/C16H25N3O3/c1-16(2,3)22-15(21)19-9-6-12(7-10-19)18-11-14(20)13-5-4-8-17-13/h4-5,8,12,17-18H,6-7,9-11H2,1-3H3. The molecule has 0 bridgehead atoms. The maximum absolute atomic E-state index is 12.0. The van der Waals surface area contributed by atoms with Gasteiger partial charge in [0.25, 0.3) is 0 Å². The Bertz CT molecular complexity index is 497. The van der Waals surface area contributed by atoms with Crippen LogP contribution in [0, 0.1) is 0 Å². The smallest absolute Gasteiger partial charge is 0.410 e. The lowest BCUT2D eigenvalue weighted by Crippen LogP contribution is -2.47. The van der Waals surface area contributed by atoms with Gasteiger partial charge in [-0.1, -0.05) is 0 Å². The Morgan fingerprint density at radius 3 is 2.59 bits per heavy atom. The van der Waals surface area contributed by atoms with Gasteiger partial charge >= 0.3 is 6.09 Å². The summed E-state index contributed by atoms with van der Waals surface area (Å²) in [6, 6.07) is 3.85. The molecule has 0 aliphatic carbocycles. The molecule has 1 aromatic rings. The van der Waals surface area contributed by atoms with Crippen molar-refractivity contribution < 1.29 is 14.3 Å². The normalized spacial score (nSPS) is 16.6. The van der Waals surface area contributed by atoms with Crippen molar-refractivity contribution >= 4 is 11.9 Å². The summed E-state index contributed by atoms with van der Waals surface area (Å²) in [5.74, 6) is 0.0552. The first-order valence-electron chi connectivity index (χ1n) is 7.73. The van der Waals surface area contributed by atoms with Crippen molar-refractivity contribution in [2.24, 2.45) is 0 Å². The van der Waals surface area contributed by atoms with Crippen LogP contribution in [-0.4, -0.2) is 53.0 Å². The van der Waals surface area contributed by atoms with Gasteiger partial charge in [-0.2, -0.15) is 0 Å². The van der Waals surface area contributed by atoms with Crippen LogP contribution < -0.4 is 5.32 Å². The summed E-state index contributed by atoms with van der Waals surface area (Å²) in [6.45, 7) is 7.23. The summed E-state index contributed by atoms with van der Waals surface area (Å²) in [6.07, 6.45) is 3.15. The number of carbonyl (C=O) groups is 2. The summed E-state index contributed by atoms with van der Waals surface area (Å²) >= 11 is 0. The van der Waals surface area contributed by atoms with Gasteiger partial charge < -0.3 is 19.9 Å². The third-order valence-corrected chi connectivity index (χ3v) is 3.60. The first kappa shape index (κ1) is 16.5. The molecular formula is C16H25N3O3. The Kier molecular flexibility index (Phi) is 5.24. The Balaban J connectivity index is 1.71. The number of rotatable bonds is 4. The van der Waals surface area contributed by atoms with E-state index < -0.39 is 5.60 Å². The summed E-state index contributed by atoms with van der Waals surface area (Å²) < 4.78 is 5.37. The minimum absolute atomic E-state index is 0.0552. The van der Waals surface area contributed by atoms with E-state index >= 15 is 0 Å². The van der Waals surface area contributed by atoms with Gasteiger partial charge in [0.15, 0.2) is 5.78 Å². The number of piperidine rings is 1. The lowest BCUT2D eigenvalue weighted by Gasteiger charge is -2.33. The highest BCUT2D eigenvalue weighted by molar-refractivity contribution is 5.95. The fourth-order valence-corrected chi connectivity index (χ4v) is 2.43. The molecule has 6 heteroatoms. The number of Topliss-reactive ketones (excluding diaryl/α,β-unsaturated/α-hetero) is 1. The topological polar surface area (TPSA) is 74.4 Å². The second kappa shape index (κ2) is 6.96. The van der Waals surface area contributed by atoms with Crippen molar-refractivity contribution in [3.63, 3.8) is 0 Å². The molecule has 2 N–H and O–H groups in total. The van der Waals surface area contributed by atoms with Crippen molar-refractivity contribution in [3.8, 4) is 0 Å². The second-order valence-electron chi connectivity index (χ2n) is 6.63. The summed E-state index contributed by atoms with van der Waals surface area (Å²) in [5.41, 5.74) is 0.160. The number of H-pyrrole nitrogens is 1. The fraction of sp³-hybridized carbons (Fsp3) is 0.625. The minimum atomic E-state index is -0.464. The SMILES string of the molecule is CC(C)(C)OC(=O)N1CCC(NCC(=O)c2ccc[nH]2)CC1. The average molecular weight is 307 g/mol. The van der Waals surface area contributed by atoms with Crippen LogP contribution in [0.25, 0.3) is 0 Å². The van der Waals surface area contributed by atoms with Crippen LogP contribution >= 0.6 is 0 Å². The Morgan fingerprint density at radius 2 is 2.05 bits per heavy atom. The van der Waals surface area contributed by atoms with Gasteiger partial charge in [0.05, 0.1) is 12.2 Å². The predicted octanol–water partition coefficient (Wildman–Crippen LogP) is 2.19. The fourth-order valence-electron chi connectivity index (χ4n) is 2.43. The second-order valence-corrected chi connectivity index (χ2v) is 6.63. The average Bonchev–Trinajstić information content (AvgIpc) is 2.97. The maximum Gasteiger partial charge on any atom is 0.410 e. The summed E-state index contributed by atoms with van der Waals surface area (Å²) in [5, 5.41) is 3.27. The third-order valence-electron chi connectivity index (χ3n) is 3.60. The molecule has 0 spiro atoms. The number of amides is 1. The summed E-state index contributed by atoms with van der Waals surface area (Å²) in [7, 11) is 0. The van der Waals surface area contributed by atoms with E-state index in [9.17, 15) is 9.59 Å².